The van der Waals surface area contributed by atoms with E-state index < -0.39 is 5.97 Å². The van der Waals surface area contributed by atoms with Gasteiger partial charge in [-0.3, -0.25) is 0 Å². The Balaban J connectivity index is 1.73. The van der Waals surface area contributed by atoms with Gasteiger partial charge in [-0.2, -0.15) is 0 Å². The van der Waals surface area contributed by atoms with Crippen molar-refractivity contribution < 1.29 is 14.6 Å². The second-order valence-electron chi connectivity index (χ2n) is 6.32. The molecule has 0 bridgehead atoms. The van der Waals surface area contributed by atoms with E-state index >= 15 is 0 Å². The molecule has 0 atom stereocenters. The minimum Gasteiger partial charge on any atom is -0.488 e. The molecule has 4 heteroatoms. The molecule has 1 N–H and O–H groups in total. The predicted octanol–water partition coefficient (Wildman–Crippen LogP) is 5.64. The van der Waals surface area contributed by atoms with Gasteiger partial charge in [0, 0.05) is 10.9 Å². The highest BCUT2D eigenvalue weighted by Gasteiger charge is 2.10. The summed E-state index contributed by atoms with van der Waals surface area (Å²) in [7, 11) is 0. The molecule has 0 aliphatic carbocycles. The number of hydrogen-bond acceptors (Lipinski definition) is 2. The average Bonchev–Trinajstić information content (AvgIpc) is 2.71. The average molecular weight is 425 g/mol. The topological polar surface area (TPSA) is 46.5 Å². The Labute approximate surface area is 167 Å². The monoisotopic (exact) mass is 424 g/mol. The smallest absolute Gasteiger partial charge is 0.335 e. The van der Waals surface area contributed by atoms with Gasteiger partial charge in [0.1, 0.15) is 12.4 Å². The lowest BCUT2D eigenvalue weighted by Gasteiger charge is -2.15. The van der Waals surface area contributed by atoms with E-state index in [4.69, 9.17) is 9.84 Å². The van der Waals surface area contributed by atoms with Crippen molar-refractivity contribution in [2.75, 3.05) is 0 Å². The maximum atomic E-state index is 11.0. The van der Waals surface area contributed by atoms with Crippen molar-refractivity contribution in [3.63, 3.8) is 0 Å². The summed E-state index contributed by atoms with van der Waals surface area (Å²) in [6.45, 7) is 0.405. The summed E-state index contributed by atoms with van der Waals surface area (Å²) in [5, 5.41) is 9.73. The predicted molar refractivity (Wildman–Crippen MR) is 111 cm³/mol. The zero-order valence-corrected chi connectivity index (χ0v) is 16.5. The van der Waals surface area contributed by atoms with E-state index in [-0.39, 0.29) is 5.56 Å². The summed E-state index contributed by atoms with van der Waals surface area (Å²) in [4.78, 5) is 11.0. The van der Waals surface area contributed by atoms with Gasteiger partial charge in [0.15, 0.2) is 0 Å². The highest BCUT2D eigenvalue weighted by molar-refractivity contribution is 9.08. The van der Waals surface area contributed by atoms with Crippen molar-refractivity contribution in [3.05, 3.63) is 101 Å². The van der Waals surface area contributed by atoms with Crippen LogP contribution in [0, 0.1) is 0 Å². The lowest BCUT2D eigenvalue weighted by atomic mass is 10.0. The third-order valence-corrected chi connectivity index (χ3v) is 5.04. The van der Waals surface area contributed by atoms with E-state index in [0.29, 0.717) is 6.61 Å². The normalized spacial score (nSPS) is 10.6. The molecule has 3 nitrogen and oxygen atoms in total. The molecule has 3 aromatic rings. The number of halogens is 1. The number of carbonyl (C=O) groups is 1. The first-order valence-corrected chi connectivity index (χ1v) is 9.95. The highest BCUT2D eigenvalue weighted by Crippen LogP contribution is 2.28. The van der Waals surface area contributed by atoms with Crippen LogP contribution >= 0.6 is 15.9 Å². The molecular weight excluding hydrogens is 404 g/mol. The van der Waals surface area contributed by atoms with E-state index in [9.17, 15) is 4.79 Å². The van der Waals surface area contributed by atoms with E-state index in [1.165, 1.54) is 11.1 Å². The molecule has 0 saturated heterocycles. The molecule has 138 valence electrons. The number of rotatable bonds is 8. The van der Waals surface area contributed by atoms with Crippen LogP contribution in [0.1, 0.15) is 32.6 Å². The van der Waals surface area contributed by atoms with Crippen LogP contribution in [0.2, 0.25) is 0 Å². The number of benzene rings is 3. The molecular formula is C23H21BrO3. The third-order valence-electron chi connectivity index (χ3n) is 4.43. The Morgan fingerprint density at radius 1 is 0.815 bits per heavy atom. The Hall–Kier alpha value is -2.59. The first-order chi connectivity index (χ1) is 13.2. The molecule has 0 fully saturated rings. The summed E-state index contributed by atoms with van der Waals surface area (Å²) < 4.78 is 6.16. The number of ether oxygens (including phenoxy) is 1. The van der Waals surface area contributed by atoms with Crippen molar-refractivity contribution >= 4 is 21.9 Å². The number of carboxylic acids is 1. The van der Waals surface area contributed by atoms with Crippen molar-refractivity contribution in [1.29, 1.82) is 0 Å². The largest absolute Gasteiger partial charge is 0.488 e. The van der Waals surface area contributed by atoms with Gasteiger partial charge in [0.2, 0.25) is 0 Å². The molecule has 0 saturated carbocycles. The lowest BCUT2D eigenvalue weighted by Crippen LogP contribution is -2.03. The van der Waals surface area contributed by atoms with Crippen LogP contribution < -0.4 is 4.74 Å². The fraction of sp³-hybridized carbons (Fsp3) is 0.174. The molecule has 27 heavy (non-hydrogen) atoms. The quantitative estimate of drug-likeness (QED) is 0.475. The van der Waals surface area contributed by atoms with Crippen LogP contribution in [0.3, 0.4) is 0 Å². The van der Waals surface area contributed by atoms with Gasteiger partial charge >= 0.3 is 5.97 Å². The molecule has 3 aromatic carbocycles. The van der Waals surface area contributed by atoms with E-state index in [2.05, 4.69) is 58.4 Å². The first kappa shape index (κ1) is 19.2. The molecule has 0 heterocycles. The SMILES string of the molecule is O=C(O)c1ccc(COc2c(CBr)cccc2CCc2ccccc2)cc1. The van der Waals surface area contributed by atoms with E-state index in [1.54, 1.807) is 24.3 Å². The van der Waals surface area contributed by atoms with Crippen molar-refractivity contribution in [2.24, 2.45) is 0 Å². The summed E-state index contributed by atoms with van der Waals surface area (Å²) in [5.41, 5.74) is 4.82. The standard InChI is InChI=1S/C23H21BrO3/c24-15-21-8-4-7-19(12-9-17-5-2-1-3-6-17)22(21)27-16-18-10-13-20(14-11-18)23(25)26/h1-8,10-11,13-14H,9,12,15-16H2,(H,25,26). The molecule has 0 spiro atoms. The first-order valence-electron chi connectivity index (χ1n) is 8.83. The maximum Gasteiger partial charge on any atom is 0.335 e. The Morgan fingerprint density at radius 3 is 2.19 bits per heavy atom. The van der Waals surface area contributed by atoms with Gasteiger partial charge in [-0.1, -0.05) is 76.6 Å². The van der Waals surface area contributed by atoms with Crippen molar-refractivity contribution in [2.45, 2.75) is 24.8 Å². The minimum absolute atomic E-state index is 0.281. The lowest BCUT2D eigenvalue weighted by molar-refractivity contribution is 0.0697. The zero-order chi connectivity index (χ0) is 19.1. The van der Waals surface area contributed by atoms with Crippen LogP contribution in [-0.2, 0) is 24.8 Å². The molecule has 3 rings (SSSR count). The van der Waals surface area contributed by atoms with Crippen LogP contribution in [0.25, 0.3) is 0 Å². The van der Waals surface area contributed by atoms with Crippen LogP contribution in [0.15, 0.2) is 72.8 Å². The molecule has 0 aliphatic rings. The molecule has 0 amide bonds. The number of carboxylic acid groups (broad SMARTS) is 1. The van der Waals surface area contributed by atoms with E-state index in [1.807, 2.05) is 6.07 Å². The zero-order valence-electron chi connectivity index (χ0n) is 14.9. The van der Waals surface area contributed by atoms with Crippen LogP contribution in [0.4, 0.5) is 0 Å². The fourth-order valence-electron chi connectivity index (χ4n) is 2.95. The van der Waals surface area contributed by atoms with E-state index in [0.717, 1.165) is 35.0 Å². The van der Waals surface area contributed by atoms with Gasteiger partial charge in [0.05, 0.1) is 5.56 Å². The Kier molecular flexibility index (Phi) is 6.66. The number of alkyl halides is 1. The molecule has 0 aliphatic heterocycles. The van der Waals surface area contributed by atoms with Crippen molar-refractivity contribution in [3.8, 4) is 5.75 Å². The Bertz CT molecular complexity index is 889. The maximum absolute atomic E-state index is 11.0. The Morgan fingerprint density at radius 2 is 1.52 bits per heavy atom. The highest BCUT2D eigenvalue weighted by atomic mass is 79.9. The third kappa shape index (κ3) is 5.20. The number of hydrogen-bond donors (Lipinski definition) is 1. The van der Waals surface area contributed by atoms with Gasteiger partial charge in [-0.05, 0) is 41.7 Å². The summed E-state index contributed by atoms with van der Waals surface area (Å²) in [6.07, 6.45) is 1.86. The molecule has 0 aromatic heterocycles. The van der Waals surface area contributed by atoms with Gasteiger partial charge < -0.3 is 9.84 Å². The second kappa shape index (κ2) is 9.38. The summed E-state index contributed by atoms with van der Waals surface area (Å²) in [5.74, 6) is -0.0112. The summed E-state index contributed by atoms with van der Waals surface area (Å²) >= 11 is 3.54. The molecule has 0 radical (unpaired) electrons. The fourth-order valence-corrected chi connectivity index (χ4v) is 3.39. The van der Waals surface area contributed by atoms with Gasteiger partial charge in [-0.25, -0.2) is 4.79 Å². The minimum atomic E-state index is -0.921. The number of para-hydroxylation sites is 1. The van der Waals surface area contributed by atoms with Crippen LogP contribution in [0.5, 0.6) is 5.75 Å². The van der Waals surface area contributed by atoms with Crippen molar-refractivity contribution in [1.82, 2.24) is 0 Å². The van der Waals surface area contributed by atoms with Gasteiger partial charge in [-0.15, -0.1) is 0 Å². The van der Waals surface area contributed by atoms with Gasteiger partial charge in [0.25, 0.3) is 0 Å². The molecule has 0 unspecified atom stereocenters. The summed E-state index contributed by atoms with van der Waals surface area (Å²) in [6, 6.07) is 23.4. The van der Waals surface area contributed by atoms with Crippen LogP contribution in [-0.4, -0.2) is 11.1 Å². The number of aryl methyl sites for hydroxylation is 2. The second-order valence-corrected chi connectivity index (χ2v) is 6.88. The number of aromatic carboxylic acids is 1.